The standard InChI is InChI=1S/C13H22N2O3/c1-12-8-4-5-9-13(12,16)15(18)11-7-3-2-6-10(11)14(12)17/h16-18H,2-9H2,1H3/q+2. The zero-order valence-electron chi connectivity index (χ0n) is 10.9. The summed E-state index contributed by atoms with van der Waals surface area (Å²) in [4.78, 5) is 0. The van der Waals surface area contributed by atoms with E-state index in [2.05, 4.69) is 0 Å². The first-order chi connectivity index (χ1) is 8.51. The van der Waals surface area contributed by atoms with Crippen LogP contribution < -0.4 is 0 Å². The Hall–Kier alpha value is -1.10. The molecule has 3 N–H and O–H groups in total. The molecular weight excluding hydrogens is 232 g/mol. The zero-order chi connectivity index (χ0) is 13.0. The maximum absolute atomic E-state index is 10.9. The molecule has 0 amide bonds. The lowest BCUT2D eigenvalue weighted by molar-refractivity contribution is -0.939. The van der Waals surface area contributed by atoms with Gasteiger partial charge in [0.2, 0.25) is 0 Å². The summed E-state index contributed by atoms with van der Waals surface area (Å²) in [7, 11) is 0. The maximum Gasteiger partial charge on any atom is 0.381 e. The van der Waals surface area contributed by atoms with Crippen LogP contribution in [0.25, 0.3) is 0 Å². The predicted molar refractivity (Wildman–Crippen MR) is 64.4 cm³/mol. The van der Waals surface area contributed by atoms with Crippen molar-refractivity contribution in [2.24, 2.45) is 0 Å². The second-order valence-electron chi connectivity index (χ2n) is 6.02. The lowest BCUT2D eigenvalue weighted by Crippen LogP contribution is -2.71. The molecule has 18 heavy (non-hydrogen) atoms. The molecule has 1 aliphatic heterocycles. The van der Waals surface area contributed by atoms with E-state index in [1.54, 1.807) is 0 Å². The van der Waals surface area contributed by atoms with Crippen molar-refractivity contribution in [3.05, 3.63) is 0 Å². The monoisotopic (exact) mass is 254 g/mol. The molecule has 3 rings (SSSR count). The molecular formula is C13H22N2O3+2. The Morgan fingerprint density at radius 1 is 0.889 bits per heavy atom. The van der Waals surface area contributed by atoms with Gasteiger partial charge in [-0.2, -0.15) is 0 Å². The third kappa shape index (κ3) is 1.25. The van der Waals surface area contributed by atoms with Gasteiger partial charge in [0, 0.05) is 30.9 Å². The minimum absolute atomic E-state index is 0.494. The molecule has 1 heterocycles. The minimum Gasteiger partial charge on any atom is -0.326 e. The van der Waals surface area contributed by atoms with E-state index in [-0.39, 0.29) is 0 Å². The van der Waals surface area contributed by atoms with E-state index >= 15 is 0 Å². The lowest BCUT2D eigenvalue weighted by atomic mass is 9.73. The number of hydrogen-bond donors (Lipinski definition) is 3. The van der Waals surface area contributed by atoms with Crippen LogP contribution in [-0.4, -0.2) is 47.7 Å². The topological polar surface area (TPSA) is 66.7 Å². The predicted octanol–water partition coefficient (Wildman–Crippen LogP) is 1.28. The van der Waals surface area contributed by atoms with Gasteiger partial charge in [0.05, 0.1) is 6.42 Å². The summed E-state index contributed by atoms with van der Waals surface area (Å²) < 4.78 is 2.32. The van der Waals surface area contributed by atoms with Crippen molar-refractivity contribution < 1.29 is 25.0 Å². The Balaban J connectivity index is 2.19. The Kier molecular flexibility index (Phi) is 2.46. The van der Waals surface area contributed by atoms with Crippen molar-refractivity contribution in [1.29, 1.82) is 0 Å². The highest BCUT2D eigenvalue weighted by Crippen LogP contribution is 2.42. The van der Waals surface area contributed by atoms with Gasteiger partial charge in [-0.25, -0.2) is 0 Å². The molecule has 0 saturated heterocycles. The molecule has 0 aromatic heterocycles. The highest BCUT2D eigenvalue weighted by molar-refractivity contribution is 6.38. The van der Waals surface area contributed by atoms with Crippen molar-refractivity contribution >= 4 is 11.4 Å². The third-order valence-electron chi connectivity index (χ3n) is 5.04. The maximum atomic E-state index is 10.9. The first-order valence-corrected chi connectivity index (χ1v) is 6.93. The van der Waals surface area contributed by atoms with E-state index in [0.717, 1.165) is 49.0 Å². The van der Waals surface area contributed by atoms with Gasteiger partial charge in [-0.15, -0.1) is 0 Å². The summed E-state index contributed by atoms with van der Waals surface area (Å²) in [5, 5.41) is 31.8. The summed E-state index contributed by atoms with van der Waals surface area (Å²) in [5.74, 6) is 0. The molecule has 100 valence electrons. The van der Waals surface area contributed by atoms with Crippen LogP contribution in [0.4, 0.5) is 0 Å². The van der Waals surface area contributed by atoms with E-state index in [0.29, 0.717) is 18.6 Å². The van der Waals surface area contributed by atoms with Crippen LogP contribution in [-0.2, 0) is 0 Å². The van der Waals surface area contributed by atoms with Crippen molar-refractivity contribution in [2.75, 3.05) is 0 Å². The summed E-state index contributed by atoms with van der Waals surface area (Å²) >= 11 is 0. The molecule has 5 heteroatoms. The molecule has 2 atom stereocenters. The average Bonchev–Trinajstić information content (AvgIpc) is 2.39. The van der Waals surface area contributed by atoms with Crippen molar-refractivity contribution in [1.82, 2.24) is 0 Å². The highest BCUT2D eigenvalue weighted by Gasteiger charge is 2.72. The zero-order valence-corrected chi connectivity index (χ0v) is 10.9. The second-order valence-corrected chi connectivity index (χ2v) is 6.02. The fourth-order valence-electron chi connectivity index (χ4n) is 3.77. The molecule has 5 nitrogen and oxygen atoms in total. The van der Waals surface area contributed by atoms with Crippen LogP contribution >= 0.6 is 0 Å². The van der Waals surface area contributed by atoms with E-state index in [9.17, 15) is 15.5 Å². The van der Waals surface area contributed by atoms with E-state index < -0.39 is 11.3 Å². The number of nitrogens with zero attached hydrogens (tertiary/aromatic N) is 2. The first kappa shape index (κ1) is 12.0. The van der Waals surface area contributed by atoms with Gasteiger partial charge in [-0.3, -0.25) is 10.4 Å². The molecule has 3 aliphatic rings. The summed E-state index contributed by atoms with van der Waals surface area (Å²) in [5.41, 5.74) is -0.685. The molecule has 0 radical (unpaired) electrons. The Labute approximate surface area is 107 Å². The molecule has 0 aromatic carbocycles. The molecule has 2 aliphatic carbocycles. The van der Waals surface area contributed by atoms with Gasteiger partial charge in [0.25, 0.3) is 5.71 Å². The minimum atomic E-state index is -1.36. The number of rotatable bonds is 0. The Morgan fingerprint density at radius 2 is 1.44 bits per heavy atom. The van der Waals surface area contributed by atoms with Crippen LogP contribution in [0.2, 0.25) is 0 Å². The quantitative estimate of drug-likeness (QED) is 0.450. The van der Waals surface area contributed by atoms with Crippen LogP contribution in [0.5, 0.6) is 0 Å². The number of hydrogen-bond acceptors (Lipinski definition) is 3. The SMILES string of the molecule is CC12CCCCC1(O)[N+](O)=C1CCCCC1=[N+]2O. The normalized spacial score (nSPS) is 40.6. The van der Waals surface area contributed by atoms with E-state index in [4.69, 9.17) is 0 Å². The molecule has 2 fully saturated rings. The first-order valence-electron chi connectivity index (χ1n) is 6.93. The van der Waals surface area contributed by atoms with Gasteiger partial charge in [-0.05, 0) is 30.4 Å². The van der Waals surface area contributed by atoms with Crippen LogP contribution in [0.1, 0.15) is 58.3 Å². The Morgan fingerprint density at radius 3 is 2.11 bits per heavy atom. The molecule has 0 spiro atoms. The number of aliphatic hydroxyl groups is 1. The van der Waals surface area contributed by atoms with Gasteiger partial charge >= 0.3 is 17.0 Å². The fraction of sp³-hybridized carbons (Fsp3) is 0.846. The largest absolute Gasteiger partial charge is 0.381 e. The van der Waals surface area contributed by atoms with Gasteiger partial charge in [-0.1, -0.05) is 0 Å². The number of hydroxylamine groups is 2. The summed E-state index contributed by atoms with van der Waals surface area (Å²) in [6.45, 7) is 1.84. The summed E-state index contributed by atoms with van der Waals surface area (Å²) in [6.07, 6.45) is 6.54. The van der Waals surface area contributed by atoms with Gasteiger partial charge < -0.3 is 5.11 Å². The van der Waals surface area contributed by atoms with E-state index in [1.165, 1.54) is 4.74 Å². The van der Waals surface area contributed by atoms with Gasteiger partial charge in [0.15, 0.2) is 0 Å². The van der Waals surface area contributed by atoms with Crippen molar-refractivity contribution in [3.8, 4) is 0 Å². The van der Waals surface area contributed by atoms with E-state index in [1.807, 2.05) is 6.92 Å². The van der Waals surface area contributed by atoms with Gasteiger partial charge in [0.1, 0.15) is 0 Å². The lowest BCUT2D eigenvalue weighted by Gasteiger charge is -2.39. The van der Waals surface area contributed by atoms with Crippen LogP contribution in [0.3, 0.4) is 0 Å². The molecule has 0 bridgehead atoms. The molecule has 2 saturated carbocycles. The van der Waals surface area contributed by atoms with Crippen molar-refractivity contribution in [3.63, 3.8) is 0 Å². The average molecular weight is 254 g/mol. The third-order valence-corrected chi connectivity index (χ3v) is 5.04. The smallest absolute Gasteiger partial charge is 0.326 e. The second kappa shape index (κ2) is 3.70. The molecule has 0 aromatic rings. The number of fused-ring (bicyclic) bond motifs is 2. The van der Waals surface area contributed by atoms with Crippen molar-refractivity contribution in [2.45, 2.75) is 69.6 Å². The van der Waals surface area contributed by atoms with Crippen LogP contribution in [0, 0.1) is 0 Å². The summed E-state index contributed by atoms with van der Waals surface area (Å²) in [6, 6.07) is 0. The molecule has 2 unspecified atom stereocenters. The fourth-order valence-corrected chi connectivity index (χ4v) is 3.77. The van der Waals surface area contributed by atoms with Crippen LogP contribution in [0.15, 0.2) is 0 Å². The highest BCUT2D eigenvalue weighted by atomic mass is 16.5. The Bertz CT molecular complexity index is 415.